The molecule has 2 aromatic carbocycles. The van der Waals surface area contributed by atoms with Crippen LogP contribution in [0.2, 0.25) is 10.0 Å². The minimum atomic E-state index is -4.75. The number of pyridine rings is 2. The second kappa shape index (κ2) is 18.8. The Bertz CT molecular complexity index is 2250. The Hall–Kier alpha value is -4.96. The summed E-state index contributed by atoms with van der Waals surface area (Å²) < 4.78 is 52.5. The normalized spacial score (nSPS) is 12.2. The smallest absolute Gasteiger partial charge is 0.433 e. The van der Waals surface area contributed by atoms with Crippen molar-refractivity contribution in [2.24, 2.45) is 7.05 Å². The van der Waals surface area contributed by atoms with E-state index in [1.807, 2.05) is 25.2 Å². The number of benzene rings is 2. The maximum atomic E-state index is 13.7. The quantitative estimate of drug-likeness (QED) is 0.109. The average molecular weight is 816 g/mol. The predicted molar refractivity (Wildman–Crippen MR) is 213 cm³/mol. The number of hydrogen-bond donors (Lipinski definition) is 3. The number of anilines is 2. The number of nitrogens with zero attached hydrogens (tertiary/aromatic N) is 5. The Morgan fingerprint density at radius 2 is 1.70 bits per heavy atom. The highest BCUT2D eigenvalue weighted by atomic mass is 35.5. The van der Waals surface area contributed by atoms with Crippen molar-refractivity contribution in [3.8, 4) is 28.3 Å². The first kappa shape index (κ1) is 42.2. The molecule has 0 radical (unpaired) electrons. The topological polar surface area (TPSA) is 136 Å². The number of ether oxygens (including phenoxy) is 2. The van der Waals surface area contributed by atoms with Crippen molar-refractivity contribution in [2.75, 3.05) is 59.9 Å². The lowest BCUT2D eigenvalue weighted by Crippen LogP contribution is -2.41. The van der Waals surface area contributed by atoms with Crippen LogP contribution in [-0.2, 0) is 30.8 Å². The predicted octanol–water partition coefficient (Wildman–Crippen LogP) is 7.51. The van der Waals surface area contributed by atoms with Gasteiger partial charge in [-0.05, 0) is 63.0 Å². The summed E-state index contributed by atoms with van der Waals surface area (Å²) in [7, 11) is 8.17. The van der Waals surface area contributed by atoms with Crippen molar-refractivity contribution in [3.63, 3.8) is 0 Å². The van der Waals surface area contributed by atoms with Gasteiger partial charge in [-0.25, -0.2) is 19.4 Å². The number of halogens is 5. The number of aryl methyl sites for hydroxylation is 2. The minimum absolute atomic E-state index is 0.0109. The number of rotatable bonds is 12. The number of carbonyl (C=O) groups excluding carboxylic acids is 1. The lowest BCUT2D eigenvalue weighted by Gasteiger charge is -2.21. The molecule has 56 heavy (non-hydrogen) atoms. The van der Waals surface area contributed by atoms with Gasteiger partial charge in [0.2, 0.25) is 5.88 Å². The number of amides is 2. The van der Waals surface area contributed by atoms with Gasteiger partial charge in [0, 0.05) is 61.9 Å². The first-order chi connectivity index (χ1) is 26.8. The monoisotopic (exact) mass is 814 g/mol. The molecule has 0 saturated carbocycles. The van der Waals surface area contributed by atoms with Gasteiger partial charge in [0.05, 0.1) is 46.7 Å². The highest BCUT2D eigenvalue weighted by molar-refractivity contribution is 6.39. The molecule has 0 spiro atoms. The van der Waals surface area contributed by atoms with Crippen molar-refractivity contribution in [1.29, 1.82) is 0 Å². The Morgan fingerprint density at radius 1 is 0.982 bits per heavy atom. The molecular formula is C39H43Cl2F3N8O4. The van der Waals surface area contributed by atoms with Crippen molar-refractivity contribution < 1.29 is 27.4 Å². The summed E-state index contributed by atoms with van der Waals surface area (Å²) >= 11 is 13.8. The minimum Gasteiger partial charge on any atom is -0.481 e. The Morgan fingerprint density at radius 3 is 2.38 bits per heavy atom. The van der Waals surface area contributed by atoms with Crippen LogP contribution in [0.15, 0.2) is 59.5 Å². The molecule has 3 aromatic heterocycles. The lowest BCUT2D eigenvalue weighted by atomic mass is 9.99. The number of nitrogens with one attached hydrogen (secondary N) is 3. The van der Waals surface area contributed by atoms with E-state index in [0.717, 1.165) is 55.1 Å². The fourth-order valence-electron chi connectivity index (χ4n) is 6.36. The number of fused-ring (bicyclic) bond motifs is 2. The first-order valence-corrected chi connectivity index (χ1v) is 18.5. The number of alkyl halides is 3. The van der Waals surface area contributed by atoms with E-state index < -0.39 is 17.4 Å². The Balaban J connectivity index is 0.000000367. The fraction of sp³-hybridized carbons (Fsp3) is 0.359. The number of methoxy groups -OCH3 is 2. The molecule has 12 nitrogen and oxygen atoms in total. The second-order valence-corrected chi connectivity index (χ2v) is 13.6. The van der Waals surface area contributed by atoms with Crippen LogP contribution in [0.4, 0.5) is 29.5 Å². The third-order valence-electron chi connectivity index (χ3n) is 9.20. The van der Waals surface area contributed by atoms with E-state index in [1.54, 1.807) is 50.4 Å². The summed E-state index contributed by atoms with van der Waals surface area (Å²) in [4.78, 5) is 34.4. The average Bonchev–Trinajstić information content (AvgIpc) is 3.67. The molecule has 0 saturated heterocycles. The summed E-state index contributed by atoms with van der Waals surface area (Å²) in [6.45, 7) is 2.89. The van der Waals surface area contributed by atoms with Gasteiger partial charge < -0.3 is 30.3 Å². The summed E-state index contributed by atoms with van der Waals surface area (Å²) in [5.41, 5.74) is 3.18. The van der Waals surface area contributed by atoms with E-state index in [2.05, 4.69) is 26.0 Å². The maximum absolute atomic E-state index is 13.7. The van der Waals surface area contributed by atoms with E-state index in [1.165, 1.54) is 18.8 Å². The highest BCUT2D eigenvalue weighted by Gasteiger charge is 2.34. The SMILES string of the molecule is CNCCCN(CCOC)C(=O)NC.COc1nc(-c2cccc(-c3cccc(Nc4nc(C(F)(F)F)cc5cnn(C)c(=O)c45)c3Cl)c2Cl)cc2c1CCC2. The van der Waals surface area contributed by atoms with Crippen LogP contribution >= 0.6 is 23.2 Å². The van der Waals surface area contributed by atoms with Crippen LogP contribution in [0.5, 0.6) is 5.88 Å². The van der Waals surface area contributed by atoms with Crippen LogP contribution in [-0.4, -0.2) is 85.2 Å². The maximum Gasteiger partial charge on any atom is 0.433 e. The van der Waals surface area contributed by atoms with Crippen LogP contribution in [0.25, 0.3) is 33.2 Å². The summed E-state index contributed by atoms with van der Waals surface area (Å²) in [5.74, 6) is 0.281. The van der Waals surface area contributed by atoms with Gasteiger partial charge in [-0.15, -0.1) is 0 Å². The molecular weight excluding hydrogens is 772 g/mol. The summed E-state index contributed by atoms with van der Waals surface area (Å²) in [5, 5.41) is 12.9. The molecule has 1 aliphatic rings. The van der Waals surface area contributed by atoms with E-state index >= 15 is 0 Å². The van der Waals surface area contributed by atoms with Gasteiger partial charge in [-0.2, -0.15) is 18.3 Å². The Labute approximate surface area is 332 Å². The molecule has 0 atom stereocenters. The van der Waals surface area contributed by atoms with Crippen molar-refractivity contribution in [1.82, 2.24) is 35.3 Å². The summed E-state index contributed by atoms with van der Waals surface area (Å²) in [6, 6.07) is 13.2. The van der Waals surface area contributed by atoms with Crippen LogP contribution in [0.1, 0.15) is 29.7 Å². The van der Waals surface area contributed by atoms with Gasteiger partial charge >= 0.3 is 12.2 Å². The number of urea groups is 1. The van der Waals surface area contributed by atoms with Gasteiger partial charge in [0.15, 0.2) is 0 Å². The molecule has 17 heteroatoms. The van der Waals surface area contributed by atoms with Crippen molar-refractivity contribution >= 4 is 51.5 Å². The molecule has 0 unspecified atom stereocenters. The molecule has 0 fully saturated rings. The number of carbonyl (C=O) groups is 1. The zero-order valence-electron chi connectivity index (χ0n) is 31.6. The van der Waals surface area contributed by atoms with E-state index in [9.17, 15) is 22.8 Å². The third kappa shape index (κ3) is 9.52. The second-order valence-electron chi connectivity index (χ2n) is 12.9. The van der Waals surface area contributed by atoms with Crippen molar-refractivity contribution in [2.45, 2.75) is 31.9 Å². The zero-order valence-corrected chi connectivity index (χ0v) is 33.1. The van der Waals surface area contributed by atoms with E-state index in [0.29, 0.717) is 46.4 Å². The largest absolute Gasteiger partial charge is 0.481 e. The molecule has 0 bridgehead atoms. The highest BCUT2D eigenvalue weighted by Crippen LogP contribution is 2.43. The third-order valence-corrected chi connectivity index (χ3v) is 10.0. The molecule has 2 amide bonds. The van der Waals surface area contributed by atoms with Crippen LogP contribution in [0.3, 0.4) is 0 Å². The van der Waals surface area contributed by atoms with Crippen LogP contribution in [0, 0.1) is 0 Å². The molecule has 3 N–H and O–H groups in total. The molecule has 6 rings (SSSR count). The van der Waals surface area contributed by atoms with Gasteiger partial charge in [0.25, 0.3) is 5.56 Å². The summed E-state index contributed by atoms with van der Waals surface area (Å²) in [6.07, 6.45) is 0.249. The Kier molecular flexibility index (Phi) is 14.2. The van der Waals surface area contributed by atoms with E-state index in [-0.39, 0.29) is 33.3 Å². The first-order valence-electron chi connectivity index (χ1n) is 17.8. The zero-order chi connectivity index (χ0) is 40.6. The molecule has 0 aliphatic heterocycles. The molecule has 5 aromatic rings. The molecule has 1 aliphatic carbocycles. The molecule has 298 valence electrons. The number of hydrogen-bond acceptors (Lipinski definition) is 9. The van der Waals surface area contributed by atoms with Gasteiger partial charge in [0.1, 0.15) is 11.5 Å². The van der Waals surface area contributed by atoms with E-state index in [4.69, 9.17) is 37.7 Å². The lowest BCUT2D eigenvalue weighted by molar-refractivity contribution is -0.141. The number of aromatic nitrogens is 4. The molecule has 3 heterocycles. The standard InChI is InChI=1S/C30H22Cl2F3N5O2.C9H21N3O2/c1-40-29(41)24-16(14-36-40)13-23(30(33,34)35)39-27(24)37-21-11-5-9-19(26(21)32)18-8-4-10-20(25(18)31)22-12-15-6-3-7-17(15)28(38-22)42-2;1-10-5-4-6-12(7-8-14-3)9(13)11-2/h4-5,8-14H,3,6-7H2,1-2H3,(H,37,39);10H,4-8H2,1-3H3,(H,11,13). The van der Waals surface area contributed by atoms with Crippen molar-refractivity contribution in [3.05, 3.63) is 91.9 Å². The van der Waals surface area contributed by atoms with Gasteiger partial charge in [-0.1, -0.05) is 53.5 Å². The van der Waals surface area contributed by atoms with Gasteiger partial charge in [-0.3, -0.25) is 4.79 Å². The fourth-order valence-corrected chi connectivity index (χ4v) is 6.96. The van der Waals surface area contributed by atoms with Crippen LogP contribution < -0.4 is 26.2 Å².